The first-order valence-electron chi connectivity index (χ1n) is 7.66. The average molecular weight is 785 g/mol. The Hall–Kier alpha value is -0.914. The largest absolute Gasteiger partial charge is 2.00 e. The van der Waals surface area contributed by atoms with Crippen molar-refractivity contribution in [2.75, 3.05) is 0 Å². The molecule has 0 bridgehead atoms. The van der Waals surface area contributed by atoms with Crippen molar-refractivity contribution in [3.63, 3.8) is 0 Å². The van der Waals surface area contributed by atoms with Crippen LogP contribution in [0.2, 0.25) is 0 Å². The number of halogens is 20. The van der Waals surface area contributed by atoms with Crippen molar-refractivity contribution in [1.29, 1.82) is 0 Å². The first kappa shape index (κ1) is 46.5. The summed E-state index contributed by atoms with van der Waals surface area (Å²) in [4.78, 5) is 0. The van der Waals surface area contributed by atoms with E-state index >= 15 is 0 Å². The molecular weight excluding hydrogens is 785 g/mol. The van der Waals surface area contributed by atoms with Gasteiger partial charge in [0.05, 0.1) is 0 Å². The molecule has 0 aromatic rings. The summed E-state index contributed by atoms with van der Waals surface area (Å²) in [6.45, 7) is 0. The fourth-order valence-electron chi connectivity index (χ4n) is 1.03. The van der Waals surface area contributed by atoms with E-state index in [1.807, 2.05) is 0 Å². The summed E-state index contributed by atoms with van der Waals surface area (Å²) in [5, 5.41) is -28.0. The molecule has 0 rings (SSSR count). The maximum absolute atomic E-state index is 12.3. The van der Waals surface area contributed by atoms with Crippen LogP contribution in [0.5, 0.6) is 0 Å². The fraction of sp³-hybridized carbons (Fsp3) is 1.00. The van der Waals surface area contributed by atoms with E-state index in [1.165, 1.54) is 0 Å². The van der Waals surface area contributed by atoms with Crippen molar-refractivity contribution in [2.24, 2.45) is 0 Å². The molecule has 0 saturated carbocycles. The van der Waals surface area contributed by atoms with Gasteiger partial charge in [0.2, 0.25) is 0 Å². The smallest absolute Gasteiger partial charge is 0.425 e. The second-order valence-corrected chi connectivity index (χ2v) is 13.2. The van der Waals surface area contributed by atoms with Gasteiger partial charge in [-0.3, -0.25) is 0 Å². The molecule has 0 saturated heterocycles. The van der Waals surface area contributed by atoms with E-state index in [0.29, 0.717) is 8.25 Å². The molecule has 0 aliphatic heterocycles. The first-order chi connectivity index (χ1) is 17.4. The van der Waals surface area contributed by atoms with E-state index in [4.69, 9.17) is 0 Å². The van der Waals surface area contributed by atoms with Crippen LogP contribution < -0.4 is 0 Å². The van der Waals surface area contributed by atoms with Gasteiger partial charge in [-0.15, -0.1) is 0 Å². The molecule has 0 aromatic heterocycles. The maximum atomic E-state index is 12.3. The SMILES string of the molecule is O=S(=O)([N-]S(=O)(=O)C(F)(F)C(F)(F)F)C(F)(F)C(F)(F)F.O=S(=O)([N-]S(=O)(=O)C(F)(F)C(F)(F)F)C(F)(F)C(F)(F)F.[Mg+2]. The van der Waals surface area contributed by atoms with Crippen molar-refractivity contribution in [3.05, 3.63) is 8.25 Å². The van der Waals surface area contributed by atoms with E-state index in [9.17, 15) is 121 Å². The summed E-state index contributed by atoms with van der Waals surface area (Å²) < 4.78 is 322. The predicted molar refractivity (Wildman–Crippen MR) is 92.2 cm³/mol. The van der Waals surface area contributed by atoms with Crippen LogP contribution in [0.3, 0.4) is 0 Å². The molecule has 0 amide bonds. The molecule has 256 valence electrons. The molecule has 0 aliphatic rings. The molecule has 0 spiro atoms. The molecule has 0 fully saturated rings. The molecule has 0 atom stereocenters. The summed E-state index contributed by atoms with van der Waals surface area (Å²) in [6.07, 6.45) is -28.0. The van der Waals surface area contributed by atoms with Crippen LogP contribution in [-0.2, 0) is 40.1 Å². The van der Waals surface area contributed by atoms with Crippen LogP contribution in [0.4, 0.5) is 87.8 Å². The van der Waals surface area contributed by atoms with Crippen LogP contribution in [-0.4, -0.2) is 102 Å². The monoisotopic (exact) mass is 784 g/mol. The summed E-state index contributed by atoms with van der Waals surface area (Å²) in [5.74, 6) is 0. The molecule has 0 aromatic carbocycles. The molecule has 0 N–H and O–H groups in total. The maximum Gasteiger partial charge on any atom is 2.00 e. The molecular formula is C8F20MgN2O8S4. The molecule has 0 unspecified atom stereocenters. The Labute approximate surface area is 238 Å². The van der Waals surface area contributed by atoms with Crippen LogP contribution in [0.15, 0.2) is 0 Å². The average Bonchev–Trinajstić information content (AvgIpc) is 2.62. The van der Waals surface area contributed by atoms with Gasteiger partial charge in [0.15, 0.2) is 40.1 Å². The van der Waals surface area contributed by atoms with E-state index in [2.05, 4.69) is 0 Å². The van der Waals surface area contributed by atoms with E-state index in [0.717, 1.165) is 0 Å². The number of alkyl halides is 20. The number of hydrogen-bond acceptors (Lipinski definition) is 8. The number of sulfonamides is 4. The van der Waals surface area contributed by atoms with Crippen molar-refractivity contribution in [1.82, 2.24) is 0 Å². The normalized spacial score (nSPS) is 15.7. The van der Waals surface area contributed by atoms with Gasteiger partial charge in [-0.1, -0.05) is 0 Å². The quantitative estimate of drug-likeness (QED) is 0.260. The minimum atomic E-state index is -7.62. The van der Waals surface area contributed by atoms with Crippen molar-refractivity contribution >= 4 is 63.1 Å². The molecule has 0 radical (unpaired) electrons. The van der Waals surface area contributed by atoms with Crippen molar-refractivity contribution < 1.29 is 121 Å². The van der Waals surface area contributed by atoms with E-state index in [-0.39, 0.29) is 23.1 Å². The Balaban J connectivity index is -0.000000727. The van der Waals surface area contributed by atoms with Gasteiger partial charge in [-0.05, 0) is 0 Å². The van der Waals surface area contributed by atoms with Crippen molar-refractivity contribution in [2.45, 2.75) is 45.7 Å². The Bertz CT molecular complexity index is 1200. The molecule has 43 heavy (non-hydrogen) atoms. The van der Waals surface area contributed by atoms with Gasteiger partial charge in [0.1, 0.15) is 0 Å². The van der Waals surface area contributed by atoms with Crippen LogP contribution in [0.25, 0.3) is 8.25 Å². The molecule has 0 aliphatic carbocycles. The van der Waals surface area contributed by atoms with E-state index in [1.54, 1.807) is 0 Å². The standard InChI is InChI=1S/2C4F10NO4S2.Mg/c2*5-1(6,7)3(11,12)20(16,17)15-21(18,19)4(13,14)2(8,9)10;/q2*-1;+2. The zero-order valence-corrected chi connectivity index (χ0v) is 22.7. The van der Waals surface area contributed by atoms with Gasteiger partial charge in [0.25, 0.3) is 0 Å². The Morgan fingerprint density at radius 1 is 0.279 bits per heavy atom. The number of nitrogens with zero attached hydrogens (tertiary/aromatic N) is 2. The second-order valence-electron chi connectivity index (χ2n) is 6.11. The Morgan fingerprint density at radius 2 is 0.372 bits per heavy atom. The third kappa shape index (κ3) is 9.09. The summed E-state index contributed by atoms with van der Waals surface area (Å²) in [7, 11) is -30.5. The predicted octanol–water partition coefficient (Wildman–Crippen LogP) is 4.28. The minimum Gasteiger partial charge on any atom is -0.425 e. The third-order valence-electron chi connectivity index (χ3n) is 3.01. The fourth-order valence-corrected chi connectivity index (χ4v) is 5.77. The van der Waals surface area contributed by atoms with E-state index < -0.39 is 85.8 Å². The first-order valence-corrected chi connectivity index (χ1v) is 13.4. The van der Waals surface area contributed by atoms with Gasteiger partial charge < -0.3 is 8.25 Å². The topological polar surface area (TPSA) is 165 Å². The number of hydrogen-bond donors (Lipinski definition) is 0. The molecule has 35 heteroatoms. The molecule has 10 nitrogen and oxygen atoms in total. The summed E-state index contributed by atoms with van der Waals surface area (Å²) >= 11 is 0. The van der Waals surface area contributed by atoms with Crippen LogP contribution in [0.1, 0.15) is 0 Å². The summed E-state index contributed by atoms with van der Waals surface area (Å²) in [5.41, 5.74) is 0. The van der Waals surface area contributed by atoms with Crippen LogP contribution in [0, 0.1) is 0 Å². The van der Waals surface area contributed by atoms with Gasteiger partial charge in [0, 0.05) is 0 Å². The Kier molecular flexibility index (Phi) is 13.4. The van der Waals surface area contributed by atoms with Crippen molar-refractivity contribution in [3.8, 4) is 0 Å². The molecule has 0 heterocycles. The van der Waals surface area contributed by atoms with Gasteiger partial charge in [-0.25, -0.2) is 33.7 Å². The zero-order valence-electron chi connectivity index (χ0n) is 18.1. The van der Waals surface area contributed by atoms with Crippen LogP contribution >= 0.6 is 0 Å². The minimum absolute atomic E-state index is 0. The number of rotatable bonds is 8. The summed E-state index contributed by atoms with van der Waals surface area (Å²) in [6, 6.07) is 0. The van der Waals surface area contributed by atoms with Gasteiger partial charge >= 0.3 is 68.8 Å². The third-order valence-corrected chi connectivity index (χ3v) is 9.67. The Morgan fingerprint density at radius 3 is 0.442 bits per heavy atom. The van der Waals surface area contributed by atoms with Gasteiger partial charge in [-0.2, -0.15) is 87.8 Å². The zero-order chi connectivity index (χ0) is 35.4. The second kappa shape index (κ2) is 12.4.